The van der Waals surface area contributed by atoms with Gasteiger partial charge in [-0.05, 0) is 95.9 Å². The minimum Gasteiger partial charge on any atom is -0.496 e. The van der Waals surface area contributed by atoms with Crippen LogP contribution in [0.1, 0.15) is 91.3 Å². The first-order valence-corrected chi connectivity index (χ1v) is 10.7. The molecule has 28 heavy (non-hydrogen) atoms. The number of hydrogen-bond donors (Lipinski definition) is 0. The lowest BCUT2D eigenvalue weighted by Gasteiger charge is -2.14. The molecule has 0 aliphatic heterocycles. The lowest BCUT2D eigenvalue weighted by molar-refractivity contribution is 0.407. The maximum atomic E-state index is 9.05. The molecule has 2 aliphatic rings. The van der Waals surface area contributed by atoms with Gasteiger partial charge >= 0.3 is 0 Å². The highest BCUT2D eigenvalue weighted by Crippen LogP contribution is 2.33. The third-order valence-electron chi connectivity index (χ3n) is 6.07. The molecular formula is C26H33NO. The SMILES string of the molecule is CC(C)c1cc2c(cc1C#N)CCC2.COc1cc2c(cc1C(C)C)CCC2. The zero-order valence-corrected chi connectivity index (χ0v) is 18.1. The molecule has 0 saturated carbocycles. The molecule has 148 valence electrons. The Hall–Kier alpha value is -2.27. The smallest absolute Gasteiger partial charge is 0.122 e. The van der Waals surface area contributed by atoms with E-state index in [1.165, 1.54) is 65.5 Å². The number of hydrogen-bond acceptors (Lipinski definition) is 2. The van der Waals surface area contributed by atoms with Gasteiger partial charge in [0.1, 0.15) is 5.75 Å². The fourth-order valence-corrected chi connectivity index (χ4v) is 4.47. The Morgan fingerprint density at radius 2 is 1.21 bits per heavy atom. The van der Waals surface area contributed by atoms with Gasteiger partial charge in [-0.15, -0.1) is 0 Å². The van der Waals surface area contributed by atoms with Crippen molar-refractivity contribution < 1.29 is 4.74 Å². The second-order valence-electron chi connectivity index (χ2n) is 8.70. The zero-order valence-electron chi connectivity index (χ0n) is 18.1. The number of methoxy groups -OCH3 is 1. The van der Waals surface area contributed by atoms with Crippen molar-refractivity contribution in [1.82, 2.24) is 0 Å². The maximum Gasteiger partial charge on any atom is 0.122 e. The van der Waals surface area contributed by atoms with Crippen molar-refractivity contribution in [1.29, 1.82) is 5.26 Å². The summed E-state index contributed by atoms with van der Waals surface area (Å²) >= 11 is 0. The van der Waals surface area contributed by atoms with Gasteiger partial charge in [0.2, 0.25) is 0 Å². The van der Waals surface area contributed by atoms with Crippen LogP contribution in [0, 0.1) is 11.3 Å². The molecule has 0 N–H and O–H groups in total. The molecule has 0 aromatic heterocycles. The van der Waals surface area contributed by atoms with E-state index in [9.17, 15) is 0 Å². The van der Waals surface area contributed by atoms with E-state index < -0.39 is 0 Å². The largest absolute Gasteiger partial charge is 0.496 e. The van der Waals surface area contributed by atoms with Crippen LogP contribution < -0.4 is 4.74 Å². The van der Waals surface area contributed by atoms with Crippen molar-refractivity contribution in [2.45, 2.75) is 78.1 Å². The predicted octanol–water partition coefficient (Wildman–Crippen LogP) is 6.48. The van der Waals surface area contributed by atoms with E-state index in [1.807, 2.05) is 0 Å². The second-order valence-corrected chi connectivity index (χ2v) is 8.70. The molecule has 0 unspecified atom stereocenters. The monoisotopic (exact) mass is 375 g/mol. The van der Waals surface area contributed by atoms with Crippen LogP contribution in [0.15, 0.2) is 24.3 Å². The molecule has 2 aromatic rings. The Balaban J connectivity index is 0.000000161. The standard InChI is InChI=1S/C13H15N.C13H18O/c1-9(2)13-7-11-5-3-4-10(11)6-12(13)8-14;1-9(2)12-7-10-5-4-6-11(10)8-13(12)14-3/h6-7,9H,3-5H2,1-2H3;7-9H,4-6H2,1-3H3. The maximum absolute atomic E-state index is 9.05. The Morgan fingerprint density at radius 3 is 1.68 bits per heavy atom. The van der Waals surface area contributed by atoms with E-state index in [4.69, 9.17) is 10.00 Å². The fourth-order valence-electron chi connectivity index (χ4n) is 4.47. The lowest BCUT2D eigenvalue weighted by Crippen LogP contribution is -1.97. The van der Waals surface area contributed by atoms with Crippen molar-refractivity contribution in [3.05, 3.63) is 63.2 Å². The van der Waals surface area contributed by atoms with E-state index in [0.29, 0.717) is 11.8 Å². The summed E-state index contributed by atoms with van der Waals surface area (Å²) in [5, 5.41) is 9.05. The van der Waals surface area contributed by atoms with Crippen molar-refractivity contribution in [3.8, 4) is 11.8 Å². The summed E-state index contributed by atoms with van der Waals surface area (Å²) in [6.07, 6.45) is 7.38. The minimum absolute atomic E-state index is 0.454. The quantitative estimate of drug-likeness (QED) is 0.615. The summed E-state index contributed by atoms with van der Waals surface area (Å²) in [6.45, 7) is 8.74. The van der Waals surface area contributed by atoms with Crippen LogP contribution in [0.2, 0.25) is 0 Å². The molecule has 4 rings (SSSR count). The third-order valence-corrected chi connectivity index (χ3v) is 6.07. The molecule has 2 aromatic carbocycles. The predicted molar refractivity (Wildman–Crippen MR) is 116 cm³/mol. The molecule has 2 nitrogen and oxygen atoms in total. The summed E-state index contributed by atoms with van der Waals surface area (Å²) in [6, 6.07) is 11.2. The van der Waals surface area contributed by atoms with Crippen LogP contribution in [-0.2, 0) is 25.7 Å². The molecule has 0 heterocycles. The van der Waals surface area contributed by atoms with Crippen LogP contribution in [-0.4, -0.2) is 7.11 Å². The highest BCUT2D eigenvalue weighted by Gasteiger charge is 2.17. The van der Waals surface area contributed by atoms with Crippen LogP contribution in [0.25, 0.3) is 0 Å². The Morgan fingerprint density at radius 1 is 0.750 bits per heavy atom. The van der Waals surface area contributed by atoms with E-state index in [2.05, 4.69) is 58.0 Å². The van der Waals surface area contributed by atoms with Gasteiger partial charge in [-0.3, -0.25) is 0 Å². The van der Waals surface area contributed by atoms with Crippen LogP contribution >= 0.6 is 0 Å². The lowest BCUT2D eigenvalue weighted by atomic mass is 9.93. The van der Waals surface area contributed by atoms with Gasteiger partial charge in [0.25, 0.3) is 0 Å². The summed E-state index contributed by atoms with van der Waals surface area (Å²) in [5.74, 6) is 2.08. The van der Waals surface area contributed by atoms with E-state index in [0.717, 1.165) is 17.7 Å². The van der Waals surface area contributed by atoms with Gasteiger partial charge in [0.15, 0.2) is 0 Å². The molecule has 2 aliphatic carbocycles. The molecule has 0 saturated heterocycles. The minimum atomic E-state index is 0.454. The Labute approximate surface area is 170 Å². The Kier molecular flexibility index (Phi) is 6.45. The first-order valence-electron chi connectivity index (χ1n) is 10.7. The molecule has 0 atom stereocenters. The van der Waals surface area contributed by atoms with Crippen LogP contribution in [0.5, 0.6) is 5.75 Å². The number of nitriles is 1. The Bertz CT molecular complexity index is 886. The van der Waals surface area contributed by atoms with Gasteiger partial charge in [-0.1, -0.05) is 39.8 Å². The number of fused-ring (bicyclic) bond motifs is 2. The summed E-state index contributed by atoms with van der Waals surface area (Å²) in [5.41, 5.74) is 9.33. The molecule has 0 radical (unpaired) electrons. The average molecular weight is 376 g/mol. The number of benzene rings is 2. The third kappa shape index (κ3) is 4.25. The summed E-state index contributed by atoms with van der Waals surface area (Å²) in [4.78, 5) is 0. The van der Waals surface area contributed by atoms with Crippen molar-refractivity contribution in [3.63, 3.8) is 0 Å². The summed E-state index contributed by atoms with van der Waals surface area (Å²) < 4.78 is 5.43. The summed E-state index contributed by atoms with van der Waals surface area (Å²) in [7, 11) is 1.77. The van der Waals surface area contributed by atoms with Gasteiger partial charge < -0.3 is 4.74 Å². The molecule has 0 bridgehead atoms. The highest BCUT2D eigenvalue weighted by molar-refractivity contribution is 5.48. The topological polar surface area (TPSA) is 33.0 Å². The first kappa shape index (κ1) is 20.5. The molecule has 2 heteroatoms. The molecule has 0 spiro atoms. The van der Waals surface area contributed by atoms with E-state index in [-0.39, 0.29) is 0 Å². The number of ether oxygens (including phenoxy) is 1. The van der Waals surface area contributed by atoms with Gasteiger partial charge in [-0.25, -0.2) is 0 Å². The number of rotatable bonds is 3. The molecule has 0 amide bonds. The normalized spacial score (nSPS) is 14.4. The average Bonchev–Trinajstić information content (AvgIpc) is 3.34. The first-order chi connectivity index (χ1) is 13.4. The second kappa shape index (κ2) is 8.82. The van der Waals surface area contributed by atoms with Gasteiger partial charge in [-0.2, -0.15) is 5.26 Å². The number of nitrogens with zero attached hydrogens (tertiary/aromatic N) is 1. The van der Waals surface area contributed by atoms with Crippen LogP contribution in [0.4, 0.5) is 0 Å². The van der Waals surface area contributed by atoms with Crippen molar-refractivity contribution in [2.24, 2.45) is 0 Å². The van der Waals surface area contributed by atoms with Gasteiger partial charge in [0, 0.05) is 0 Å². The van der Waals surface area contributed by atoms with Crippen molar-refractivity contribution >= 4 is 0 Å². The zero-order chi connectivity index (χ0) is 20.3. The fraction of sp³-hybridized carbons (Fsp3) is 0.500. The molecular weight excluding hydrogens is 342 g/mol. The molecule has 0 fully saturated rings. The highest BCUT2D eigenvalue weighted by atomic mass is 16.5. The van der Waals surface area contributed by atoms with E-state index in [1.54, 1.807) is 7.11 Å². The number of aryl methyl sites for hydroxylation is 4. The van der Waals surface area contributed by atoms with Crippen LogP contribution in [0.3, 0.4) is 0 Å². The van der Waals surface area contributed by atoms with Crippen molar-refractivity contribution in [2.75, 3.05) is 7.11 Å². The van der Waals surface area contributed by atoms with E-state index >= 15 is 0 Å². The van der Waals surface area contributed by atoms with Gasteiger partial charge in [0.05, 0.1) is 18.7 Å².